The highest BCUT2D eigenvalue weighted by Crippen LogP contribution is 2.36. The van der Waals surface area contributed by atoms with Gasteiger partial charge in [0.25, 0.3) is 0 Å². The van der Waals surface area contributed by atoms with Crippen LogP contribution in [-0.2, 0) is 19.3 Å². The van der Waals surface area contributed by atoms with E-state index in [2.05, 4.69) is 15.9 Å². The van der Waals surface area contributed by atoms with Crippen molar-refractivity contribution in [1.82, 2.24) is 3.97 Å². The number of hydrogen-bond acceptors (Lipinski definition) is 4. The molecule has 1 aliphatic rings. The molecule has 1 aliphatic heterocycles. The van der Waals surface area contributed by atoms with Gasteiger partial charge < -0.3 is 9.31 Å². The molecule has 0 atom stereocenters. The van der Waals surface area contributed by atoms with E-state index >= 15 is 0 Å². The van der Waals surface area contributed by atoms with Gasteiger partial charge >= 0.3 is 7.12 Å². The molecule has 106 valence electrons. The molecule has 0 N–H and O–H groups in total. The highest BCUT2D eigenvalue weighted by Gasteiger charge is 2.53. The first-order valence-corrected chi connectivity index (χ1v) is 8.52. The van der Waals surface area contributed by atoms with Crippen LogP contribution in [0.15, 0.2) is 16.7 Å². The maximum Gasteiger partial charge on any atom is 0.513 e. The van der Waals surface area contributed by atoms with E-state index in [-0.39, 0.29) is 0 Å². The summed E-state index contributed by atoms with van der Waals surface area (Å²) >= 11 is 3.28. The molecule has 0 bridgehead atoms. The summed E-state index contributed by atoms with van der Waals surface area (Å²) in [6, 6.07) is 1.70. The zero-order valence-electron chi connectivity index (χ0n) is 11.6. The summed E-state index contributed by atoms with van der Waals surface area (Å²) in [6.07, 6.45) is 2.64. The Hall–Kier alpha value is -0.305. The Kier molecular flexibility index (Phi) is 3.45. The lowest BCUT2D eigenvalue weighted by Gasteiger charge is -2.32. The molecular weight excluding hydrogens is 333 g/mol. The number of rotatable bonds is 2. The first-order valence-electron chi connectivity index (χ1n) is 5.88. The molecule has 2 heterocycles. The zero-order valence-corrected chi connectivity index (χ0v) is 14.0. The number of nitrogens with zero attached hydrogens (tertiary/aromatic N) is 1. The molecule has 0 amide bonds. The van der Waals surface area contributed by atoms with Gasteiger partial charge in [-0.3, -0.25) is 3.97 Å². The van der Waals surface area contributed by atoms with E-state index < -0.39 is 28.3 Å². The molecule has 0 spiro atoms. The third kappa shape index (κ3) is 2.63. The van der Waals surface area contributed by atoms with Gasteiger partial charge in [0.2, 0.25) is 10.0 Å². The molecule has 8 heteroatoms. The van der Waals surface area contributed by atoms with Gasteiger partial charge in [0.1, 0.15) is 0 Å². The SMILES string of the molecule is CC1(C)OB(c2cc(Br)cn2S(C)(=O)=O)OC1(C)C. The van der Waals surface area contributed by atoms with Crippen molar-refractivity contribution in [3.05, 3.63) is 16.7 Å². The molecule has 0 saturated carbocycles. The predicted octanol–water partition coefficient (Wildman–Crippen LogP) is 1.36. The van der Waals surface area contributed by atoms with E-state index in [0.29, 0.717) is 10.1 Å². The average Bonchev–Trinajstić information content (AvgIpc) is 2.65. The lowest BCUT2D eigenvalue weighted by molar-refractivity contribution is 0.00578. The van der Waals surface area contributed by atoms with Crippen LogP contribution in [0.2, 0.25) is 0 Å². The summed E-state index contributed by atoms with van der Waals surface area (Å²) in [6.45, 7) is 7.71. The standard InChI is InChI=1S/C11H17BBrNO4S/c1-10(2)11(3,4)18-12(17-10)9-6-8(13)7-14(9)19(5,15)16/h6-7H,1-5H3. The van der Waals surface area contributed by atoms with Crippen molar-refractivity contribution in [2.24, 2.45) is 0 Å². The van der Waals surface area contributed by atoms with Gasteiger partial charge in [0.05, 0.1) is 23.1 Å². The second-order valence-electron chi connectivity index (χ2n) is 5.73. The smallest absolute Gasteiger partial charge is 0.398 e. The topological polar surface area (TPSA) is 57.5 Å². The summed E-state index contributed by atoms with van der Waals surface area (Å²) in [5, 5.41) is 0. The highest BCUT2D eigenvalue weighted by molar-refractivity contribution is 9.10. The maximum absolute atomic E-state index is 11.8. The molecule has 1 saturated heterocycles. The van der Waals surface area contributed by atoms with Gasteiger partial charge in [-0.1, -0.05) is 0 Å². The minimum absolute atomic E-state index is 0.466. The Morgan fingerprint density at radius 1 is 1.21 bits per heavy atom. The summed E-state index contributed by atoms with van der Waals surface area (Å²) in [5.74, 6) is 0. The average molecular weight is 350 g/mol. The van der Waals surface area contributed by atoms with Gasteiger partial charge in [-0.05, 0) is 49.7 Å². The van der Waals surface area contributed by atoms with Crippen LogP contribution >= 0.6 is 15.9 Å². The Morgan fingerprint density at radius 3 is 2.11 bits per heavy atom. The lowest BCUT2D eigenvalue weighted by atomic mass is 9.85. The Balaban J connectivity index is 2.46. The minimum Gasteiger partial charge on any atom is -0.398 e. The fraction of sp³-hybridized carbons (Fsp3) is 0.636. The quantitative estimate of drug-likeness (QED) is 0.756. The van der Waals surface area contributed by atoms with E-state index in [0.717, 1.165) is 6.26 Å². The fourth-order valence-electron chi connectivity index (χ4n) is 1.85. The normalized spacial score (nSPS) is 21.9. The summed E-state index contributed by atoms with van der Waals surface area (Å²) < 4.78 is 37.1. The zero-order chi connectivity index (χ0) is 14.6. The van der Waals surface area contributed by atoms with E-state index in [1.54, 1.807) is 6.07 Å². The second kappa shape index (κ2) is 4.34. The first-order chi connectivity index (χ1) is 8.44. The van der Waals surface area contributed by atoms with Gasteiger partial charge in [0, 0.05) is 10.7 Å². The fourth-order valence-corrected chi connectivity index (χ4v) is 3.25. The van der Waals surface area contributed by atoms with Crippen molar-refractivity contribution in [3.8, 4) is 0 Å². The van der Waals surface area contributed by atoms with E-state index in [4.69, 9.17) is 9.31 Å². The Morgan fingerprint density at radius 2 is 1.68 bits per heavy atom. The van der Waals surface area contributed by atoms with Crippen molar-refractivity contribution in [3.63, 3.8) is 0 Å². The molecule has 2 rings (SSSR count). The number of hydrogen-bond donors (Lipinski definition) is 0. The third-order valence-electron chi connectivity index (χ3n) is 3.63. The largest absolute Gasteiger partial charge is 0.513 e. The molecule has 0 aromatic carbocycles. The van der Waals surface area contributed by atoms with Crippen LogP contribution in [0.3, 0.4) is 0 Å². The molecule has 5 nitrogen and oxygen atoms in total. The summed E-state index contributed by atoms with van der Waals surface area (Å²) in [4.78, 5) is 0. The van der Waals surface area contributed by atoms with Crippen molar-refractivity contribution in [2.45, 2.75) is 38.9 Å². The minimum atomic E-state index is -3.40. The highest BCUT2D eigenvalue weighted by atomic mass is 79.9. The van der Waals surface area contributed by atoms with Crippen molar-refractivity contribution < 1.29 is 17.7 Å². The first kappa shape index (κ1) is 15.1. The van der Waals surface area contributed by atoms with E-state index in [1.807, 2.05) is 27.7 Å². The van der Waals surface area contributed by atoms with Gasteiger partial charge in [-0.2, -0.15) is 0 Å². The van der Waals surface area contributed by atoms with E-state index in [9.17, 15) is 8.42 Å². The van der Waals surface area contributed by atoms with Gasteiger partial charge in [-0.15, -0.1) is 0 Å². The molecule has 0 radical (unpaired) electrons. The van der Waals surface area contributed by atoms with Crippen LogP contribution in [0.1, 0.15) is 27.7 Å². The van der Waals surface area contributed by atoms with Crippen LogP contribution < -0.4 is 5.59 Å². The molecular formula is C11H17BBrNO4S. The van der Waals surface area contributed by atoms with Crippen LogP contribution in [0.4, 0.5) is 0 Å². The molecule has 1 aromatic heterocycles. The van der Waals surface area contributed by atoms with Crippen LogP contribution in [0, 0.1) is 0 Å². The van der Waals surface area contributed by atoms with Crippen LogP contribution in [-0.4, -0.2) is 37.0 Å². The summed E-state index contributed by atoms with van der Waals surface area (Å²) in [7, 11) is -4.10. The maximum atomic E-state index is 11.8. The lowest BCUT2D eigenvalue weighted by Crippen LogP contribution is -2.41. The number of aromatic nitrogens is 1. The second-order valence-corrected chi connectivity index (χ2v) is 8.51. The monoisotopic (exact) mass is 349 g/mol. The molecule has 0 aliphatic carbocycles. The predicted molar refractivity (Wildman–Crippen MR) is 78.1 cm³/mol. The van der Waals surface area contributed by atoms with Crippen LogP contribution in [0.25, 0.3) is 0 Å². The Labute approximate surface area is 122 Å². The Bertz CT molecular complexity index is 592. The van der Waals surface area contributed by atoms with Crippen LogP contribution in [0.5, 0.6) is 0 Å². The van der Waals surface area contributed by atoms with Gasteiger partial charge in [-0.25, -0.2) is 8.42 Å². The molecule has 0 unspecified atom stereocenters. The van der Waals surface area contributed by atoms with Crippen molar-refractivity contribution in [2.75, 3.05) is 6.26 Å². The van der Waals surface area contributed by atoms with Crippen molar-refractivity contribution >= 4 is 38.7 Å². The van der Waals surface area contributed by atoms with Gasteiger partial charge in [0.15, 0.2) is 0 Å². The molecule has 1 fully saturated rings. The third-order valence-corrected chi connectivity index (χ3v) is 5.10. The number of halogens is 1. The summed E-state index contributed by atoms with van der Waals surface area (Å²) in [5.41, 5.74) is -0.541. The van der Waals surface area contributed by atoms with E-state index in [1.165, 1.54) is 10.2 Å². The van der Waals surface area contributed by atoms with Crippen molar-refractivity contribution in [1.29, 1.82) is 0 Å². The molecule has 19 heavy (non-hydrogen) atoms. The molecule has 1 aromatic rings.